The Labute approximate surface area is 121 Å². The number of fused-ring (bicyclic) bond motifs is 3. The molecule has 1 heterocycles. The molecular weight excluding hydrogens is 297 g/mol. The molecule has 3 rings (SSSR count). The summed E-state index contributed by atoms with van der Waals surface area (Å²) in [5.74, 6) is -2.04. The van der Waals surface area contributed by atoms with Crippen molar-refractivity contribution in [3.63, 3.8) is 0 Å². The van der Waals surface area contributed by atoms with Gasteiger partial charge in [-0.3, -0.25) is 9.59 Å². The van der Waals surface area contributed by atoms with Gasteiger partial charge in [-0.25, -0.2) is 0 Å². The van der Waals surface area contributed by atoms with Crippen LogP contribution < -0.4 is 10.9 Å². The van der Waals surface area contributed by atoms with Gasteiger partial charge in [0.2, 0.25) is 0 Å². The number of carbonyl (C=O) groups excluding carboxylic acids is 1. The molecule has 2 N–H and O–H groups in total. The molecule has 7 heteroatoms. The van der Waals surface area contributed by atoms with Crippen molar-refractivity contribution < 1.29 is 18.0 Å². The smallest absolute Gasteiger partial charge is 0.321 e. The number of benzene rings is 2. The average molecular weight is 306 g/mol. The summed E-state index contributed by atoms with van der Waals surface area (Å²) in [6.07, 6.45) is -4.96. The molecule has 2 aromatic carbocycles. The summed E-state index contributed by atoms with van der Waals surface area (Å²) in [5.41, 5.74) is 0.205. The number of alkyl halides is 3. The van der Waals surface area contributed by atoms with Crippen molar-refractivity contribution in [2.24, 2.45) is 0 Å². The SMILES string of the molecule is O=C(Nc1ccc2[nH]c(=O)c3ccccc3c2c1)C(F)(F)F. The number of carbonyl (C=O) groups is 1. The van der Waals surface area contributed by atoms with E-state index in [1.54, 1.807) is 29.6 Å². The Kier molecular flexibility index (Phi) is 3.13. The van der Waals surface area contributed by atoms with Crippen LogP contribution in [0.2, 0.25) is 0 Å². The zero-order chi connectivity index (χ0) is 15.9. The zero-order valence-corrected chi connectivity index (χ0v) is 11.0. The van der Waals surface area contributed by atoms with Crippen molar-refractivity contribution in [2.45, 2.75) is 6.18 Å². The second kappa shape index (κ2) is 4.87. The number of halogens is 3. The average Bonchev–Trinajstić information content (AvgIpc) is 2.47. The van der Waals surface area contributed by atoms with Crippen LogP contribution in [-0.4, -0.2) is 17.1 Å². The molecule has 0 spiro atoms. The monoisotopic (exact) mass is 306 g/mol. The molecule has 0 aliphatic rings. The first kappa shape index (κ1) is 14.1. The molecule has 22 heavy (non-hydrogen) atoms. The summed E-state index contributed by atoms with van der Waals surface area (Å²) in [6.45, 7) is 0. The molecular formula is C15H9F3N2O2. The number of anilines is 1. The zero-order valence-electron chi connectivity index (χ0n) is 11.0. The van der Waals surface area contributed by atoms with Gasteiger partial charge in [-0.05, 0) is 29.7 Å². The van der Waals surface area contributed by atoms with Gasteiger partial charge in [0.15, 0.2) is 0 Å². The molecule has 0 saturated carbocycles. The topological polar surface area (TPSA) is 62.0 Å². The predicted molar refractivity (Wildman–Crippen MR) is 76.8 cm³/mol. The minimum atomic E-state index is -4.96. The third kappa shape index (κ3) is 2.41. The van der Waals surface area contributed by atoms with Crippen LogP contribution in [0.1, 0.15) is 0 Å². The fraction of sp³-hybridized carbons (Fsp3) is 0.0667. The van der Waals surface area contributed by atoms with E-state index in [1.807, 2.05) is 0 Å². The lowest BCUT2D eigenvalue weighted by molar-refractivity contribution is -0.167. The quantitative estimate of drug-likeness (QED) is 0.678. The first-order valence-corrected chi connectivity index (χ1v) is 6.29. The molecule has 0 radical (unpaired) electrons. The number of amides is 1. The van der Waals surface area contributed by atoms with Crippen molar-refractivity contribution in [1.29, 1.82) is 0 Å². The Bertz CT molecular complexity index is 945. The Morgan fingerprint density at radius 2 is 1.68 bits per heavy atom. The fourth-order valence-corrected chi connectivity index (χ4v) is 2.26. The van der Waals surface area contributed by atoms with Crippen LogP contribution in [0.4, 0.5) is 18.9 Å². The van der Waals surface area contributed by atoms with Crippen LogP contribution in [0.25, 0.3) is 21.7 Å². The highest BCUT2D eigenvalue weighted by Gasteiger charge is 2.38. The summed E-state index contributed by atoms with van der Waals surface area (Å²) < 4.78 is 36.9. The minimum absolute atomic E-state index is 0.00651. The van der Waals surface area contributed by atoms with Gasteiger partial charge < -0.3 is 10.3 Å². The Morgan fingerprint density at radius 1 is 1.00 bits per heavy atom. The third-order valence-corrected chi connectivity index (χ3v) is 3.24. The number of nitrogens with one attached hydrogen (secondary N) is 2. The highest BCUT2D eigenvalue weighted by Crippen LogP contribution is 2.25. The normalized spacial score (nSPS) is 11.8. The first-order valence-electron chi connectivity index (χ1n) is 6.29. The van der Waals surface area contributed by atoms with Crippen molar-refractivity contribution in [3.05, 3.63) is 52.8 Å². The summed E-state index contributed by atoms with van der Waals surface area (Å²) in [7, 11) is 0. The predicted octanol–water partition coefficient (Wildman–Crippen LogP) is 3.18. The van der Waals surface area contributed by atoms with Gasteiger partial charge >= 0.3 is 12.1 Å². The second-order valence-corrected chi connectivity index (χ2v) is 4.71. The number of rotatable bonds is 1. The largest absolute Gasteiger partial charge is 0.471 e. The molecule has 0 aliphatic heterocycles. The number of hydrogen-bond acceptors (Lipinski definition) is 2. The van der Waals surface area contributed by atoms with Crippen molar-refractivity contribution in [3.8, 4) is 0 Å². The first-order chi connectivity index (χ1) is 10.4. The van der Waals surface area contributed by atoms with Crippen LogP contribution in [0.5, 0.6) is 0 Å². The fourth-order valence-electron chi connectivity index (χ4n) is 2.26. The molecule has 0 unspecified atom stereocenters. The summed E-state index contributed by atoms with van der Waals surface area (Å²) in [5, 5.41) is 3.37. The lowest BCUT2D eigenvalue weighted by Crippen LogP contribution is -2.29. The number of hydrogen-bond donors (Lipinski definition) is 2. The number of aromatic nitrogens is 1. The van der Waals surface area contributed by atoms with Gasteiger partial charge in [0.05, 0.1) is 0 Å². The van der Waals surface area contributed by atoms with E-state index in [4.69, 9.17) is 0 Å². The minimum Gasteiger partial charge on any atom is -0.321 e. The summed E-state index contributed by atoms with van der Waals surface area (Å²) >= 11 is 0. The van der Waals surface area contributed by atoms with Gasteiger partial charge in [-0.1, -0.05) is 18.2 Å². The van der Waals surface area contributed by atoms with E-state index < -0.39 is 12.1 Å². The van der Waals surface area contributed by atoms with Crippen LogP contribution >= 0.6 is 0 Å². The van der Waals surface area contributed by atoms with Gasteiger partial charge in [0, 0.05) is 22.0 Å². The van der Waals surface area contributed by atoms with E-state index in [2.05, 4.69) is 4.98 Å². The Balaban J connectivity index is 2.17. The van der Waals surface area contributed by atoms with Gasteiger partial charge in [-0.2, -0.15) is 13.2 Å². The number of pyridine rings is 1. The van der Waals surface area contributed by atoms with Gasteiger partial charge in [-0.15, -0.1) is 0 Å². The molecule has 0 fully saturated rings. The molecule has 0 saturated heterocycles. The lowest BCUT2D eigenvalue weighted by atomic mass is 10.1. The van der Waals surface area contributed by atoms with Crippen LogP contribution in [-0.2, 0) is 4.79 Å². The molecule has 0 bridgehead atoms. The van der Waals surface area contributed by atoms with Crippen molar-refractivity contribution in [2.75, 3.05) is 5.32 Å². The molecule has 0 aliphatic carbocycles. The maximum Gasteiger partial charge on any atom is 0.471 e. The van der Waals surface area contributed by atoms with E-state index in [1.165, 1.54) is 18.2 Å². The van der Waals surface area contributed by atoms with Crippen LogP contribution in [0.15, 0.2) is 47.3 Å². The van der Waals surface area contributed by atoms with E-state index in [-0.39, 0.29) is 11.2 Å². The molecule has 1 amide bonds. The van der Waals surface area contributed by atoms with E-state index >= 15 is 0 Å². The Hall–Kier alpha value is -2.83. The van der Waals surface area contributed by atoms with E-state index in [0.29, 0.717) is 21.7 Å². The van der Waals surface area contributed by atoms with Crippen LogP contribution in [0.3, 0.4) is 0 Å². The van der Waals surface area contributed by atoms with Gasteiger partial charge in [0.25, 0.3) is 5.56 Å². The third-order valence-electron chi connectivity index (χ3n) is 3.24. The Morgan fingerprint density at radius 3 is 2.36 bits per heavy atom. The van der Waals surface area contributed by atoms with Crippen LogP contribution in [0, 0.1) is 0 Å². The second-order valence-electron chi connectivity index (χ2n) is 4.71. The lowest BCUT2D eigenvalue weighted by Gasteiger charge is -2.09. The molecule has 1 aromatic heterocycles. The van der Waals surface area contributed by atoms with E-state index in [9.17, 15) is 22.8 Å². The molecule has 4 nitrogen and oxygen atoms in total. The highest BCUT2D eigenvalue weighted by molar-refractivity contribution is 6.07. The number of H-pyrrole nitrogens is 1. The summed E-state index contributed by atoms with van der Waals surface area (Å²) in [6, 6.07) is 10.9. The van der Waals surface area contributed by atoms with Gasteiger partial charge in [0.1, 0.15) is 0 Å². The molecule has 112 valence electrons. The maximum absolute atomic E-state index is 12.3. The molecule has 0 atom stereocenters. The maximum atomic E-state index is 12.3. The highest BCUT2D eigenvalue weighted by atomic mass is 19.4. The van der Waals surface area contributed by atoms with Crippen molar-refractivity contribution in [1.82, 2.24) is 4.98 Å². The number of aromatic amines is 1. The van der Waals surface area contributed by atoms with E-state index in [0.717, 1.165) is 0 Å². The van der Waals surface area contributed by atoms with Crippen molar-refractivity contribution >= 4 is 33.3 Å². The molecule has 3 aromatic rings. The standard InChI is InChI=1S/C15H9F3N2O2/c16-15(17,18)14(22)19-8-5-6-12-11(7-8)9-3-1-2-4-10(9)13(21)20-12/h1-7H,(H,19,22)(H,20,21). The summed E-state index contributed by atoms with van der Waals surface area (Å²) in [4.78, 5) is 25.6.